The maximum Gasteiger partial charge on any atom is 0.303 e. The van der Waals surface area contributed by atoms with Crippen LogP contribution in [-0.2, 0) is 9.53 Å². The minimum absolute atomic E-state index is 0.127. The Morgan fingerprint density at radius 1 is 1.11 bits per heavy atom. The predicted octanol–water partition coefficient (Wildman–Crippen LogP) is 2.90. The molecule has 0 radical (unpaired) electrons. The number of carbonyl (C=O) groups is 1. The van der Waals surface area contributed by atoms with Gasteiger partial charge in [-0.1, -0.05) is 55.5 Å². The molecule has 158 valence electrons. The van der Waals surface area contributed by atoms with Gasteiger partial charge in [0, 0.05) is 12.8 Å². The summed E-state index contributed by atoms with van der Waals surface area (Å²) in [5, 5.41) is 38.8. The maximum atomic E-state index is 10.4. The van der Waals surface area contributed by atoms with Gasteiger partial charge in [-0.05, 0) is 32.1 Å². The second-order valence-electron chi connectivity index (χ2n) is 6.92. The largest absolute Gasteiger partial charge is 0.481 e. The number of rotatable bonds is 13. The molecule has 1 aliphatic heterocycles. The van der Waals surface area contributed by atoms with Crippen molar-refractivity contribution < 1.29 is 30.0 Å². The average molecular weight is 395 g/mol. The lowest BCUT2D eigenvalue weighted by atomic mass is 10.0. The predicted molar refractivity (Wildman–Crippen MR) is 109 cm³/mol. The first-order valence-corrected chi connectivity index (χ1v) is 9.98. The summed E-state index contributed by atoms with van der Waals surface area (Å²) in [6.45, 7) is 2.03. The topological polar surface area (TPSA) is 107 Å². The highest BCUT2D eigenvalue weighted by molar-refractivity contribution is 5.66. The molecule has 1 fully saturated rings. The molecule has 0 aromatic carbocycles. The molecule has 1 aliphatic rings. The van der Waals surface area contributed by atoms with E-state index in [-0.39, 0.29) is 6.42 Å². The van der Waals surface area contributed by atoms with Gasteiger partial charge in [0.15, 0.2) is 0 Å². The smallest absolute Gasteiger partial charge is 0.303 e. The monoisotopic (exact) mass is 394 g/mol. The van der Waals surface area contributed by atoms with Crippen molar-refractivity contribution in [1.82, 2.24) is 0 Å². The van der Waals surface area contributed by atoms with Crippen molar-refractivity contribution in [3.8, 4) is 0 Å². The molecular weight excluding hydrogens is 360 g/mol. The highest BCUT2D eigenvalue weighted by Crippen LogP contribution is 2.25. The van der Waals surface area contributed by atoms with E-state index in [1.54, 1.807) is 12.2 Å². The summed E-state index contributed by atoms with van der Waals surface area (Å²) in [4.78, 5) is 10.4. The van der Waals surface area contributed by atoms with Crippen LogP contribution in [0.2, 0.25) is 0 Å². The summed E-state index contributed by atoms with van der Waals surface area (Å²) in [5.74, 6) is -0.807. The van der Waals surface area contributed by atoms with Crippen LogP contribution in [0.3, 0.4) is 0 Å². The Balaban J connectivity index is 2.31. The van der Waals surface area contributed by atoms with Gasteiger partial charge < -0.3 is 25.2 Å². The summed E-state index contributed by atoms with van der Waals surface area (Å²) < 4.78 is 5.72. The summed E-state index contributed by atoms with van der Waals surface area (Å²) in [7, 11) is 0. The molecule has 6 nitrogen and oxygen atoms in total. The van der Waals surface area contributed by atoms with Crippen molar-refractivity contribution in [1.29, 1.82) is 0 Å². The van der Waals surface area contributed by atoms with Gasteiger partial charge in [0.1, 0.15) is 6.10 Å². The highest BCUT2D eigenvalue weighted by Gasteiger charge is 2.35. The first-order valence-electron chi connectivity index (χ1n) is 9.98. The molecule has 1 rings (SSSR count). The Morgan fingerprint density at radius 3 is 2.54 bits per heavy atom. The van der Waals surface area contributed by atoms with Crippen LogP contribution in [0.25, 0.3) is 0 Å². The number of carboxylic acids is 1. The number of aliphatic carboxylic acids is 1. The molecule has 0 spiro atoms. The van der Waals surface area contributed by atoms with E-state index in [2.05, 4.69) is 0 Å². The van der Waals surface area contributed by atoms with E-state index in [9.17, 15) is 20.1 Å². The van der Waals surface area contributed by atoms with Gasteiger partial charge in [0.2, 0.25) is 0 Å². The van der Waals surface area contributed by atoms with Crippen LogP contribution in [-0.4, -0.2) is 56.9 Å². The minimum atomic E-state index is -0.807. The van der Waals surface area contributed by atoms with Crippen molar-refractivity contribution in [2.45, 2.75) is 82.4 Å². The van der Waals surface area contributed by atoms with E-state index in [1.807, 2.05) is 43.4 Å². The zero-order chi connectivity index (χ0) is 20.8. The molecular formula is C22H34O6. The average Bonchev–Trinajstić information content (AvgIpc) is 3.03. The van der Waals surface area contributed by atoms with Crippen LogP contribution in [0.15, 0.2) is 48.6 Å². The Morgan fingerprint density at radius 2 is 1.82 bits per heavy atom. The number of aliphatic hydroxyl groups excluding tert-OH is 3. The third kappa shape index (κ3) is 10.6. The third-order valence-corrected chi connectivity index (χ3v) is 4.42. The molecule has 5 atom stereocenters. The molecule has 6 heteroatoms. The minimum Gasteiger partial charge on any atom is -0.481 e. The zero-order valence-electron chi connectivity index (χ0n) is 16.6. The first-order chi connectivity index (χ1) is 13.4. The molecule has 4 N–H and O–H groups in total. The Bertz CT molecular complexity index is 551. The van der Waals surface area contributed by atoms with Crippen LogP contribution in [0.4, 0.5) is 0 Å². The summed E-state index contributed by atoms with van der Waals surface area (Å²) in [5.41, 5.74) is 0. The Hall–Kier alpha value is -1.73. The lowest BCUT2D eigenvalue weighted by Gasteiger charge is -2.16. The molecule has 0 saturated carbocycles. The van der Waals surface area contributed by atoms with E-state index in [0.29, 0.717) is 32.1 Å². The van der Waals surface area contributed by atoms with Crippen LogP contribution >= 0.6 is 0 Å². The van der Waals surface area contributed by atoms with E-state index in [0.717, 1.165) is 6.42 Å². The number of aliphatic hydroxyl groups is 3. The fourth-order valence-electron chi connectivity index (χ4n) is 2.84. The molecule has 5 unspecified atom stereocenters. The Labute approximate surface area is 167 Å². The number of ether oxygens (including phenoxy) is 1. The van der Waals surface area contributed by atoms with E-state index in [4.69, 9.17) is 9.84 Å². The van der Waals surface area contributed by atoms with Crippen molar-refractivity contribution in [3.05, 3.63) is 48.6 Å². The van der Waals surface area contributed by atoms with Crippen molar-refractivity contribution in [2.75, 3.05) is 0 Å². The number of hydrogen-bond acceptors (Lipinski definition) is 5. The lowest BCUT2D eigenvalue weighted by molar-refractivity contribution is -0.136. The maximum absolute atomic E-state index is 10.4. The second-order valence-corrected chi connectivity index (χ2v) is 6.92. The highest BCUT2D eigenvalue weighted by atomic mass is 16.5. The lowest BCUT2D eigenvalue weighted by Crippen LogP contribution is -2.25. The molecule has 0 bridgehead atoms. The van der Waals surface area contributed by atoms with Gasteiger partial charge >= 0.3 is 5.97 Å². The molecule has 0 amide bonds. The van der Waals surface area contributed by atoms with Gasteiger partial charge in [-0.15, -0.1) is 0 Å². The summed E-state index contributed by atoms with van der Waals surface area (Å²) >= 11 is 0. The molecule has 1 heterocycles. The van der Waals surface area contributed by atoms with Gasteiger partial charge in [-0.25, -0.2) is 0 Å². The van der Waals surface area contributed by atoms with Crippen molar-refractivity contribution in [2.24, 2.45) is 0 Å². The zero-order valence-corrected chi connectivity index (χ0v) is 16.6. The van der Waals surface area contributed by atoms with E-state index in [1.165, 1.54) is 0 Å². The van der Waals surface area contributed by atoms with Crippen LogP contribution in [0, 0.1) is 0 Å². The molecule has 0 aromatic heterocycles. The SMILES string of the molecule is CC/C=C\CC(O)/C=C/C1OC(C(O)C/C=C\C/C=C\CCC(=O)O)CC1O. The fourth-order valence-corrected chi connectivity index (χ4v) is 2.84. The molecule has 1 saturated heterocycles. The third-order valence-electron chi connectivity index (χ3n) is 4.42. The van der Waals surface area contributed by atoms with Crippen molar-refractivity contribution >= 4 is 5.97 Å². The van der Waals surface area contributed by atoms with Crippen LogP contribution in [0.1, 0.15) is 51.9 Å². The summed E-state index contributed by atoms with van der Waals surface area (Å²) in [6.07, 6.45) is 15.2. The number of carboxylic acid groups (broad SMARTS) is 1. The first kappa shape index (κ1) is 24.3. The van der Waals surface area contributed by atoms with Gasteiger partial charge in [0.25, 0.3) is 0 Å². The van der Waals surface area contributed by atoms with Crippen LogP contribution < -0.4 is 0 Å². The normalized spacial score (nSPS) is 25.5. The molecule has 28 heavy (non-hydrogen) atoms. The fraction of sp³-hybridized carbons (Fsp3) is 0.591. The van der Waals surface area contributed by atoms with E-state index >= 15 is 0 Å². The number of hydrogen-bond donors (Lipinski definition) is 4. The molecule has 0 aliphatic carbocycles. The van der Waals surface area contributed by atoms with E-state index < -0.39 is 36.5 Å². The summed E-state index contributed by atoms with van der Waals surface area (Å²) in [6, 6.07) is 0. The Kier molecular flexibility index (Phi) is 12.4. The van der Waals surface area contributed by atoms with Gasteiger partial charge in [-0.2, -0.15) is 0 Å². The van der Waals surface area contributed by atoms with Crippen LogP contribution in [0.5, 0.6) is 0 Å². The molecule has 0 aromatic rings. The van der Waals surface area contributed by atoms with Gasteiger partial charge in [-0.3, -0.25) is 4.79 Å². The van der Waals surface area contributed by atoms with Gasteiger partial charge in [0.05, 0.1) is 24.4 Å². The quantitative estimate of drug-likeness (QED) is 0.358. The number of allylic oxidation sites excluding steroid dienone is 4. The second kappa shape index (κ2) is 14.3. The standard InChI is InChI=1S/C22H34O6/c1-2-3-8-11-17(23)14-15-20-19(25)16-21(28-20)18(24)12-9-6-4-5-7-10-13-22(26)27/h3,5-9,14-15,17-21,23-25H,2,4,10-13,16H2,1H3,(H,26,27)/b7-5-,8-3-,9-6-,15-14+. The van der Waals surface area contributed by atoms with Crippen molar-refractivity contribution in [3.63, 3.8) is 0 Å².